The maximum atomic E-state index is 15.9. The lowest BCUT2D eigenvalue weighted by Crippen LogP contribution is -2.45. The number of ether oxygens (including phenoxy) is 2. The molecule has 1 saturated carbocycles. The maximum absolute atomic E-state index is 15.9. The van der Waals surface area contributed by atoms with Crippen LogP contribution in [0.15, 0.2) is 30.3 Å². The summed E-state index contributed by atoms with van der Waals surface area (Å²) in [6, 6.07) is 6.77. The lowest BCUT2D eigenvalue weighted by atomic mass is 9.92. The molecule has 2 saturated heterocycles. The highest BCUT2D eigenvalue weighted by atomic mass is 35.5. The Morgan fingerprint density at radius 1 is 1.10 bits per heavy atom. The number of halogens is 5. The normalized spacial score (nSPS) is 24.9. The Morgan fingerprint density at radius 3 is 2.33 bits per heavy atom. The summed E-state index contributed by atoms with van der Waals surface area (Å²) < 4.78 is 56.5. The Kier molecular flexibility index (Phi) is 9.03. The van der Waals surface area contributed by atoms with Gasteiger partial charge in [0.25, 0.3) is 5.91 Å². The average molecular weight is 628 g/mol. The number of hydrogen-bond acceptors (Lipinski definition) is 5. The standard InChI is InChI=1S/C31H35Cl2F3N2O4/c1-17-26(35)15-38(28(17)30(40)41-3)29(39)24-13-23(19-4-5-19)27(14-25(24)34)42-16-31(36)6-8-37(9-7-31)18(2)20-10-21(32)12-22(33)11-20/h10-14,17-19,26,28H,4-9,15-16H2,1-3H3/t17?,18-,26?,28?/m0/s1. The lowest BCUT2D eigenvalue weighted by Gasteiger charge is -2.39. The zero-order chi connectivity index (χ0) is 30.3. The first-order valence-electron chi connectivity index (χ1n) is 14.3. The predicted molar refractivity (Wildman–Crippen MR) is 154 cm³/mol. The van der Waals surface area contributed by atoms with Crippen molar-refractivity contribution in [1.82, 2.24) is 9.80 Å². The second-order valence-corrected chi connectivity index (χ2v) is 12.7. The van der Waals surface area contributed by atoms with Gasteiger partial charge in [0.2, 0.25) is 0 Å². The van der Waals surface area contributed by atoms with Gasteiger partial charge >= 0.3 is 5.97 Å². The molecule has 3 unspecified atom stereocenters. The smallest absolute Gasteiger partial charge is 0.328 e. The Bertz CT molecular complexity index is 1330. The fraction of sp³-hybridized carbons (Fsp3) is 0.548. The Hall–Kier alpha value is -2.49. The van der Waals surface area contributed by atoms with Gasteiger partial charge < -0.3 is 14.4 Å². The van der Waals surface area contributed by atoms with Crippen LogP contribution in [0.4, 0.5) is 13.2 Å². The number of carbonyl (C=O) groups is 2. The zero-order valence-electron chi connectivity index (χ0n) is 23.8. The van der Waals surface area contributed by atoms with E-state index < -0.39 is 41.5 Å². The van der Waals surface area contributed by atoms with Crippen LogP contribution in [0.1, 0.15) is 73.0 Å². The Balaban J connectivity index is 1.27. The summed E-state index contributed by atoms with van der Waals surface area (Å²) in [6.45, 7) is 3.96. The van der Waals surface area contributed by atoms with E-state index in [1.807, 2.05) is 19.1 Å². The van der Waals surface area contributed by atoms with Gasteiger partial charge in [0, 0.05) is 41.2 Å². The summed E-state index contributed by atoms with van der Waals surface area (Å²) in [5, 5.41) is 1.09. The number of amides is 1. The van der Waals surface area contributed by atoms with E-state index in [-0.39, 0.29) is 49.3 Å². The third kappa shape index (κ3) is 6.38. The molecule has 2 aromatic rings. The highest BCUT2D eigenvalue weighted by Gasteiger charge is 2.47. The molecule has 228 valence electrons. The highest BCUT2D eigenvalue weighted by molar-refractivity contribution is 6.34. The quantitative estimate of drug-likeness (QED) is 0.298. The van der Waals surface area contributed by atoms with Gasteiger partial charge in [0.15, 0.2) is 0 Å². The molecule has 1 amide bonds. The van der Waals surface area contributed by atoms with Gasteiger partial charge in [-0.3, -0.25) is 9.69 Å². The molecule has 4 atom stereocenters. The molecule has 6 nitrogen and oxygen atoms in total. The number of rotatable bonds is 8. The molecule has 0 radical (unpaired) electrons. The number of carbonyl (C=O) groups excluding carboxylic acids is 2. The highest BCUT2D eigenvalue weighted by Crippen LogP contribution is 2.46. The minimum atomic E-state index is -1.61. The van der Waals surface area contributed by atoms with Crippen molar-refractivity contribution in [3.8, 4) is 5.75 Å². The largest absolute Gasteiger partial charge is 0.490 e. The van der Waals surface area contributed by atoms with Gasteiger partial charge in [-0.15, -0.1) is 0 Å². The van der Waals surface area contributed by atoms with E-state index >= 15 is 8.78 Å². The number of alkyl halides is 2. The van der Waals surface area contributed by atoms with E-state index in [0.29, 0.717) is 28.7 Å². The van der Waals surface area contributed by atoms with Crippen LogP contribution < -0.4 is 4.74 Å². The van der Waals surface area contributed by atoms with Crippen LogP contribution in [0.3, 0.4) is 0 Å². The first-order chi connectivity index (χ1) is 19.9. The molecule has 0 spiro atoms. The van der Waals surface area contributed by atoms with Gasteiger partial charge in [-0.25, -0.2) is 18.0 Å². The van der Waals surface area contributed by atoms with Crippen LogP contribution in [-0.4, -0.2) is 72.9 Å². The minimum Gasteiger partial charge on any atom is -0.490 e. The lowest BCUT2D eigenvalue weighted by molar-refractivity contribution is -0.146. The van der Waals surface area contributed by atoms with Crippen molar-refractivity contribution in [3.05, 3.63) is 62.9 Å². The van der Waals surface area contributed by atoms with Gasteiger partial charge in [-0.1, -0.05) is 30.1 Å². The summed E-state index contributed by atoms with van der Waals surface area (Å²) >= 11 is 12.3. The van der Waals surface area contributed by atoms with Crippen molar-refractivity contribution in [2.24, 2.45) is 5.92 Å². The fourth-order valence-corrected chi connectivity index (χ4v) is 6.58. The van der Waals surface area contributed by atoms with E-state index in [1.165, 1.54) is 20.1 Å². The number of benzene rings is 2. The molecule has 11 heteroatoms. The molecular formula is C31H35Cl2F3N2O4. The molecule has 0 N–H and O–H groups in total. The van der Waals surface area contributed by atoms with Gasteiger partial charge in [0.1, 0.15) is 36.1 Å². The third-order valence-electron chi connectivity index (χ3n) is 8.92. The average Bonchev–Trinajstić information content (AvgIpc) is 3.75. The maximum Gasteiger partial charge on any atom is 0.328 e. The molecule has 2 aromatic carbocycles. The monoisotopic (exact) mass is 626 g/mol. The molecule has 3 fully saturated rings. The molecular weight excluding hydrogens is 592 g/mol. The van der Waals surface area contributed by atoms with Crippen LogP contribution in [0.2, 0.25) is 10.0 Å². The topological polar surface area (TPSA) is 59.1 Å². The molecule has 1 aliphatic carbocycles. The third-order valence-corrected chi connectivity index (χ3v) is 9.36. The molecule has 0 bridgehead atoms. The number of methoxy groups -OCH3 is 1. The summed E-state index contributed by atoms with van der Waals surface area (Å²) in [7, 11) is 1.17. The number of hydrogen-bond donors (Lipinski definition) is 0. The van der Waals surface area contributed by atoms with Crippen LogP contribution in [0, 0.1) is 11.7 Å². The van der Waals surface area contributed by atoms with E-state index in [1.54, 1.807) is 6.07 Å². The fourth-order valence-electron chi connectivity index (χ4n) is 6.04. The molecule has 5 rings (SSSR count). The molecule has 3 aliphatic rings. The number of likely N-dealkylation sites (tertiary alicyclic amines) is 2. The predicted octanol–water partition coefficient (Wildman–Crippen LogP) is 6.93. The van der Waals surface area contributed by atoms with Crippen molar-refractivity contribution >= 4 is 35.1 Å². The van der Waals surface area contributed by atoms with E-state index in [9.17, 15) is 14.0 Å². The molecule has 2 aliphatic heterocycles. The zero-order valence-corrected chi connectivity index (χ0v) is 25.4. The summed E-state index contributed by atoms with van der Waals surface area (Å²) in [5.74, 6) is -2.92. The summed E-state index contributed by atoms with van der Waals surface area (Å²) in [5.41, 5.74) is -0.301. The van der Waals surface area contributed by atoms with E-state index in [4.69, 9.17) is 32.7 Å². The van der Waals surface area contributed by atoms with Crippen molar-refractivity contribution in [3.63, 3.8) is 0 Å². The van der Waals surface area contributed by atoms with Crippen molar-refractivity contribution in [1.29, 1.82) is 0 Å². The second-order valence-electron chi connectivity index (χ2n) is 11.8. The van der Waals surface area contributed by atoms with Crippen molar-refractivity contribution in [2.45, 2.75) is 69.4 Å². The van der Waals surface area contributed by atoms with Crippen LogP contribution in [0.5, 0.6) is 5.75 Å². The SMILES string of the molecule is COC(=O)C1C(C)C(F)CN1C(=O)c1cc(C2CC2)c(OCC2(F)CCN([C@@H](C)c3cc(Cl)cc(Cl)c3)CC2)cc1F. The van der Waals surface area contributed by atoms with Gasteiger partial charge in [-0.05, 0) is 73.9 Å². The summed E-state index contributed by atoms with van der Waals surface area (Å²) in [6.07, 6.45) is 0.681. The van der Waals surface area contributed by atoms with E-state index in [2.05, 4.69) is 4.90 Å². The number of nitrogens with zero attached hydrogens (tertiary/aromatic N) is 2. The number of piperidine rings is 1. The number of esters is 1. The van der Waals surface area contributed by atoms with Crippen LogP contribution in [0.25, 0.3) is 0 Å². The Labute approximate surface area is 254 Å². The summed E-state index contributed by atoms with van der Waals surface area (Å²) in [4.78, 5) is 28.9. The second kappa shape index (κ2) is 12.2. The molecule has 2 heterocycles. The van der Waals surface area contributed by atoms with Gasteiger partial charge in [0.05, 0.1) is 19.2 Å². The van der Waals surface area contributed by atoms with Crippen LogP contribution >= 0.6 is 23.2 Å². The van der Waals surface area contributed by atoms with Gasteiger partial charge in [-0.2, -0.15) is 0 Å². The van der Waals surface area contributed by atoms with E-state index in [0.717, 1.165) is 29.4 Å². The molecule has 0 aromatic heterocycles. The minimum absolute atomic E-state index is 0.00244. The van der Waals surface area contributed by atoms with Crippen molar-refractivity contribution < 1.29 is 32.2 Å². The van der Waals surface area contributed by atoms with Crippen LogP contribution in [-0.2, 0) is 9.53 Å². The van der Waals surface area contributed by atoms with Crippen molar-refractivity contribution in [2.75, 3.05) is 33.4 Å². The first kappa shape index (κ1) is 31.0. The first-order valence-corrected chi connectivity index (χ1v) is 15.0. The molecule has 42 heavy (non-hydrogen) atoms. The Morgan fingerprint density at radius 2 is 1.74 bits per heavy atom.